The molecular formula is C24H27N5. The fourth-order valence-corrected chi connectivity index (χ4v) is 3.31. The normalized spacial score (nSPS) is 11.4. The summed E-state index contributed by atoms with van der Waals surface area (Å²) in [7, 11) is 1.88. The van der Waals surface area contributed by atoms with Gasteiger partial charge in [-0.05, 0) is 54.8 Å². The van der Waals surface area contributed by atoms with Crippen LogP contribution in [0.2, 0.25) is 0 Å². The summed E-state index contributed by atoms with van der Waals surface area (Å²) in [5.74, 6) is 0.859. The maximum Gasteiger partial charge on any atom is 0.149 e. The molecule has 1 atom stereocenters. The molecule has 3 rings (SSSR count). The molecule has 1 unspecified atom stereocenters. The standard InChI is InChI=1S/C24H27N5/c1-26-24-23(8-5-15-29-24)28-17-14-22(21-6-3-2-4-7-21)27-16-13-19-9-11-20(18-25)12-10-19/h2-12,15,22,27-28H,13-14,16-17H2,1H3,(H,26,29). The highest BCUT2D eigenvalue weighted by Crippen LogP contribution is 2.20. The zero-order chi connectivity index (χ0) is 20.3. The summed E-state index contributed by atoms with van der Waals surface area (Å²) in [6.45, 7) is 1.71. The SMILES string of the molecule is CNc1ncccc1NCCC(NCCc1ccc(C#N)cc1)c1ccccc1. The molecule has 0 fully saturated rings. The molecule has 0 radical (unpaired) electrons. The van der Waals surface area contributed by atoms with E-state index in [4.69, 9.17) is 5.26 Å². The number of pyridine rings is 1. The van der Waals surface area contributed by atoms with Gasteiger partial charge in [-0.15, -0.1) is 0 Å². The van der Waals surface area contributed by atoms with E-state index in [1.165, 1.54) is 11.1 Å². The van der Waals surface area contributed by atoms with Crippen molar-refractivity contribution in [3.63, 3.8) is 0 Å². The van der Waals surface area contributed by atoms with Gasteiger partial charge in [0.1, 0.15) is 5.82 Å². The van der Waals surface area contributed by atoms with E-state index in [9.17, 15) is 0 Å². The van der Waals surface area contributed by atoms with Crippen molar-refractivity contribution < 1.29 is 0 Å². The molecule has 0 aliphatic rings. The van der Waals surface area contributed by atoms with Crippen LogP contribution in [0.1, 0.15) is 29.2 Å². The van der Waals surface area contributed by atoms with E-state index in [0.717, 1.165) is 37.4 Å². The number of aromatic nitrogens is 1. The Balaban J connectivity index is 1.57. The van der Waals surface area contributed by atoms with Gasteiger partial charge >= 0.3 is 0 Å². The van der Waals surface area contributed by atoms with Gasteiger partial charge in [-0.2, -0.15) is 5.26 Å². The van der Waals surface area contributed by atoms with Crippen molar-refractivity contribution in [3.8, 4) is 6.07 Å². The molecule has 1 aromatic heterocycles. The molecule has 0 saturated heterocycles. The highest BCUT2D eigenvalue weighted by molar-refractivity contribution is 5.63. The predicted octanol–water partition coefficient (Wildman–Crippen LogP) is 4.37. The van der Waals surface area contributed by atoms with Crippen molar-refractivity contribution in [3.05, 3.63) is 89.6 Å². The Labute approximate surface area is 172 Å². The Morgan fingerprint density at radius 3 is 2.48 bits per heavy atom. The summed E-state index contributed by atoms with van der Waals surface area (Å²) in [5, 5.41) is 19.2. The lowest BCUT2D eigenvalue weighted by atomic mass is 10.0. The topological polar surface area (TPSA) is 72.8 Å². The average Bonchev–Trinajstić information content (AvgIpc) is 2.79. The van der Waals surface area contributed by atoms with E-state index < -0.39 is 0 Å². The highest BCUT2D eigenvalue weighted by Gasteiger charge is 2.11. The van der Waals surface area contributed by atoms with Gasteiger partial charge in [0.15, 0.2) is 0 Å². The maximum atomic E-state index is 8.92. The summed E-state index contributed by atoms with van der Waals surface area (Å²) in [4.78, 5) is 4.34. The van der Waals surface area contributed by atoms with E-state index in [1.807, 2.05) is 49.5 Å². The molecule has 0 spiro atoms. The first-order valence-electron chi connectivity index (χ1n) is 9.94. The predicted molar refractivity (Wildman–Crippen MR) is 119 cm³/mol. The first kappa shape index (κ1) is 20.4. The van der Waals surface area contributed by atoms with E-state index in [1.54, 1.807) is 6.20 Å². The Kier molecular flexibility index (Phi) is 7.62. The molecule has 0 aliphatic carbocycles. The maximum absolute atomic E-state index is 8.92. The van der Waals surface area contributed by atoms with Crippen molar-refractivity contribution in [2.75, 3.05) is 30.8 Å². The quantitative estimate of drug-likeness (QED) is 0.483. The van der Waals surface area contributed by atoms with Crippen LogP contribution in [0.3, 0.4) is 0 Å². The molecule has 0 saturated carbocycles. The Hall–Kier alpha value is -3.36. The Morgan fingerprint density at radius 2 is 1.76 bits per heavy atom. The minimum absolute atomic E-state index is 0.261. The number of nitrogens with zero attached hydrogens (tertiary/aromatic N) is 2. The molecule has 148 valence electrons. The van der Waals surface area contributed by atoms with Crippen LogP contribution < -0.4 is 16.0 Å². The lowest BCUT2D eigenvalue weighted by Crippen LogP contribution is -2.26. The molecular weight excluding hydrogens is 358 g/mol. The van der Waals surface area contributed by atoms with E-state index in [2.05, 4.69) is 51.3 Å². The smallest absolute Gasteiger partial charge is 0.149 e. The van der Waals surface area contributed by atoms with Crippen LogP contribution >= 0.6 is 0 Å². The van der Waals surface area contributed by atoms with Crippen LogP contribution in [0.15, 0.2) is 72.9 Å². The van der Waals surface area contributed by atoms with Gasteiger partial charge in [0.2, 0.25) is 0 Å². The van der Waals surface area contributed by atoms with Crippen LogP contribution in [0.25, 0.3) is 0 Å². The van der Waals surface area contributed by atoms with Crippen LogP contribution in [0, 0.1) is 11.3 Å². The van der Waals surface area contributed by atoms with Gasteiger partial charge < -0.3 is 16.0 Å². The molecule has 3 N–H and O–H groups in total. The zero-order valence-corrected chi connectivity index (χ0v) is 16.7. The highest BCUT2D eigenvalue weighted by atomic mass is 15.0. The zero-order valence-electron chi connectivity index (χ0n) is 16.7. The number of anilines is 2. The van der Waals surface area contributed by atoms with Gasteiger partial charge in [0.25, 0.3) is 0 Å². The van der Waals surface area contributed by atoms with Gasteiger partial charge in [-0.25, -0.2) is 4.98 Å². The molecule has 5 nitrogen and oxygen atoms in total. The molecule has 0 amide bonds. The Morgan fingerprint density at radius 1 is 0.966 bits per heavy atom. The van der Waals surface area contributed by atoms with Crippen molar-refractivity contribution in [1.29, 1.82) is 5.26 Å². The van der Waals surface area contributed by atoms with Crippen LogP contribution in [0.5, 0.6) is 0 Å². The van der Waals surface area contributed by atoms with Crippen molar-refractivity contribution in [1.82, 2.24) is 10.3 Å². The van der Waals surface area contributed by atoms with Gasteiger partial charge in [0.05, 0.1) is 17.3 Å². The third kappa shape index (κ3) is 6.06. The van der Waals surface area contributed by atoms with Crippen LogP contribution in [-0.4, -0.2) is 25.1 Å². The Bertz CT molecular complexity index is 916. The third-order valence-corrected chi connectivity index (χ3v) is 4.88. The molecule has 5 heteroatoms. The van der Waals surface area contributed by atoms with Gasteiger partial charge in [-0.3, -0.25) is 0 Å². The second-order valence-electron chi connectivity index (χ2n) is 6.84. The molecule has 3 aromatic rings. The van der Waals surface area contributed by atoms with Gasteiger partial charge in [0, 0.05) is 25.8 Å². The third-order valence-electron chi connectivity index (χ3n) is 4.88. The first-order valence-corrected chi connectivity index (χ1v) is 9.94. The van der Waals surface area contributed by atoms with Gasteiger partial charge in [-0.1, -0.05) is 42.5 Å². The second-order valence-corrected chi connectivity index (χ2v) is 6.84. The summed E-state index contributed by atoms with van der Waals surface area (Å²) < 4.78 is 0. The van der Waals surface area contributed by atoms with Crippen LogP contribution in [-0.2, 0) is 6.42 Å². The fourth-order valence-electron chi connectivity index (χ4n) is 3.31. The molecule has 0 bridgehead atoms. The number of nitrogens with one attached hydrogen (secondary N) is 3. The average molecular weight is 386 g/mol. The molecule has 1 heterocycles. The monoisotopic (exact) mass is 385 g/mol. The van der Waals surface area contributed by atoms with Crippen molar-refractivity contribution in [2.45, 2.75) is 18.9 Å². The number of hydrogen-bond donors (Lipinski definition) is 3. The van der Waals surface area contributed by atoms with Crippen molar-refractivity contribution >= 4 is 11.5 Å². The van der Waals surface area contributed by atoms with Crippen molar-refractivity contribution in [2.24, 2.45) is 0 Å². The number of rotatable bonds is 10. The van der Waals surface area contributed by atoms with E-state index in [-0.39, 0.29) is 6.04 Å². The molecule has 2 aromatic carbocycles. The van der Waals surface area contributed by atoms with E-state index in [0.29, 0.717) is 5.56 Å². The fraction of sp³-hybridized carbons (Fsp3) is 0.250. The lowest BCUT2D eigenvalue weighted by Gasteiger charge is -2.20. The lowest BCUT2D eigenvalue weighted by molar-refractivity contribution is 0.514. The summed E-state index contributed by atoms with van der Waals surface area (Å²) in [6, 6.07) is 24.8. The summed E-state index contributed by atoms with van der Waals surface area (Å²) >= 11 is 0. The van der Waals surface area contributed by atoms with E-state index >= 15 is 0 Å². The minimum atomic E-state index is 0.261. The second kappa shape index (κ2) is 10.8. The summed E-state index contributed by atoms with van der Waals surface area (Å²) in [6.07, 6.45) is 3.67. The minimum Gasteiger partial charge on any atom is -0.382 e. The largest absolute Gasteiger partial charge is 0.382 e. The summed E-state index contributed by atoms with van der Waals surface area (Å²) in [5.41, 5.74) is 4.23. The first-order chi connectivity index (χ1) is 14.3. The molecule has 29 heavy (non-hydrogen) atoms. The number of benzene rings is 2. The van der Waals surface area contributed by atoms with Crippen LogP contribution in [0.4, 0.5) is 11.5 Å². The molecule has 0 aliphatic heterocycles. The number of nitriles is 1. The number of hydrogen-bond acceptors (Lipinski definition) is 5.